The van der Waals surface area contributed by atoms with Crippen LogP contribution in [0.1, 0.15) is 16.9 Å². The molecule has 1 saturated heterocycles. The van der Waals surface area contributed by atoms with Gasteiger partial charge in [-0.2, -0.15) is 0 Å². The lowest BCUT2D eigenvalue weighted by molar-refractivity contribution is -0.144. The molecule has 0 saturated carbocycles. The summed E-state index contributed by atoms with van der Waals surface area (Å²) < 4.78 is 5.11. The normalized spacial score (nSPS) is 21.3. The molecule has 8 heteroatoms. The molecule has 1 amide bonds. The predicted octanol–water partition coefficient (Wildman–Crippen LogP) is 1.85. The molecule has 110 valence electrons. The number of ether oxygens (including phenoxy) is 1. The molecule has 2 aromatic heterocycles. The molecule has 2 N–H and O–H groups in total. The van der Waals surface area contributed by atoms with Gasteiger partial charge in [0.1, 0.15) is 10.7 Å². The maximum absolute atomic E-state index is 12.2. The van der Waals surface area contributed by atoms with Crippen molar-refractivity contribution in [3.8, 4) is 9.88 Å². The number of aliphatic carboxylic acids is 1. The summed E-state index contributed by atoms with van der Waals surface area (Å²) in [4.78, 5) is 28.8. The molecule has 21 heavy (non-hydrogen) atoms. The van der Waals surface area contributed by atoms with Crippen LogP contribution >= 0.6 is 22.7 Å². The third-order valence-electron chi connectivity index (χ3n) is 3.25. The predicted molar refractivity (Wildman–Crippen MR) is 78.7 cm³/mol. The molecular formula is C13H12N2O4S2. The maximum atomic E-state index is 12.2. The van der Waals surface area contributed by atoms with Crippen LogP contribution in [-0.4, -0.2) is 40.7 Å². The number of rotatable bonds is 4. The van der Waals surface area contributed by atoms with Crippen molar-refractivity contribution in [2.45, 2.75) is 12.0 Å². The summed E-state index contributed by atoms with van der Waals surface area (Å²) in [6.07, 6.45) is 0.260. The van der Waals surface area contributed by atoms with Crippen molar-refractivity contribution in [2.24, 2.45) is 0 Å². The Bertz CT molecular complexity index is 660. The number of carbonyl (C=O) groups excluding carboxylic acids is 1. The summed E-state index contributed by atoms with van der Waals surface area (Å²) in [5, 5.41) is 16.2. The van der Waals surface area contributed by atoms with Gasteiger partial charge in [0.2, 0.25) is 0 Å². The Kier molecular flexibility index (Phi) is 3.75. The van der Waals surface area contributed by atoms with E-state index in [-0.39, 0.29) is 18.7 Å². The Morgan fingerprint density at radius 3 is 2.90 bits per heavy atom. The van der Waals surface area contributed by atoms with E-state index in [1.165, 1.54) is 11.3 Å². The van der Waals surface area contributed by atoms with Crippen LogP contribution in [0.25, 0.3) is 9.88 Å². The minimum Gasteiger partial charge on any atom is -0.479 e. The second kappa shape index (κ2) is 5.55. The molecule has 1 fully saturated rings. The molecule has 1 aliphatic rings. The monoisotopic (exact) mass is 324 g/mol. The highest BCUT2D eigenvalue weighted by Crippen LogP contribution is 2.28. The lowest BCUT2D eigenvalue weighted by Gasteiger charge is -2.22. The Labute approximate surface area is 128 Å². The molecule has 0 aliphatic carbocycles. The van der Waals surface area contributed by atoms with Gasteiger partial charge in [0.25, 0.3) is 5.91 Å². The zero-order valence-electron chi connectivity index (χ0n) is 10.9. The molecule has 0 bridgehead atoms. The molecule has 1 unspecified atom stereocenters. The smallest absolute Gasteiger partial charge is 0.331 e. The van der Waals surface area contributed by atoms with Gasteiger partial charge in [-0.1, -0.05) is 6.07 Å². The molecule has 2 aromatic rings. The number of thiazole rings is 1. The number of carbonyl (C=O) groups is 2. The van der Waals surface area contributed by atoms with E-state index in [1.807, 2.05) is 17.5 Å². The fourth-order valence-corrected chi connectivity index (χ4v) is 3.67. The highest BCUT2D eigenvalue weighted by Gasteiger charge is 2.44. The Morgan fingerprint density at radius 1 is 1.43 bits per heavy atom. The van der Waals surface area contributed by atoms with E-state index >= 15 is 0 Å². The van der Waals surface area contributed by atoms with Gasteiger partial charge in [-0.25, -0.2) is 9.78 Å². The van der Waals surface area contributed by atoms with Crippen molar-refractivity contribution in [1.29, 1.82) is 0 Å². The van der Waals surface area contributed by atoms with Crippen LogP contribution in [-0.2, 0) is 9.53 Å². The highest BCUT2D eigenvalue weighted by atomic mass is 32.1. The lowest BCUT2D eigenvalue weighted by atomic mass is 9.99. The molecule has 0 spiro atoms. The van der Waals surface area contributed by atoms with Crippen molar-refractivity contribution < 1.29 is 19.4 Å². The number of thiophene rings is 1. The van der Waals surface area contributed by atoms with Gasteiger partial charge >= 0.3 is 5.97 Å². The summed E-state index contributed by atoms with van der Waals surface area (Å²) in [5.41, 5.74) is -1.11. The van der Waals surface area contributed by atoms with Gasteiger partial charge in [-0.05, 0) is 11.4 Å². The molecule has 3 rings (SSSR count). The van der Waals surface area contributed by atoms with Crippen molar-refractivity contribution in [3.05, 3.63) is 28.6 Å². The summed E-state index contributed by atoms with van der Waals surface area (Å²) >= 11 is 2.90. The summed E-state index contributed by atoms with van der Waals surface area (Å²) in [5.74, 6) is -1.57. The first-order chi connectivity index (χ1) is 10.1. The fraction of sp³-hybridized carbons (Fsp3) is 0.308. The third kappa shape index (κ3) is 2.69. The van der Waals surface area contributed by atoms with Gasteiger partial charge in [0, 0.05) is 18.4 Å². The number of hydrogen-bond acceptors (Lipinski definition) is 6. The van der Waals surface area contributed by atoms with Crippen LogP contribution in [0.3, 0.4) is 0 Å². The van der Waals surface area contributed by atoms with Crippen LogP contribution in [0.2, 0.25) is 0 Å². The van der Waals surface area contributed by atoms with E-state index in [0.717, 1.165) is 9.88 Å². The second-order valence-electron chi connectivity index (χ2n) is 4.66. The van der Waals surface area contributed by atoms with E-state index in [1.54, 1.807) is 16.7 Å². The number of carboxylic acids is 1. The van der Waals surface area contributed by atoms with E-state index in [2.05, 4.69) is 10.3 Å². The zero-order chi connectivity index (χ0) is 14.9. The molecule has 1 aliphatic heterocycles. The van der Waals surface area contributed by atoms with E-state index < -0.39 is 17.4 Å². The van der Waals surface area contributed by atoms with Crippen molar-refractivity contribution in [3.63, 3.8) is 0 Å². The third-order valence-corrected chi connectivity index (χ3v) is 5.13. The number of aromatic nitrogens is 1. The Morgan fingerprint density at radius 2 is 2.29 bits per heavy atom. The number of carboxylic acid groups (broad SMARTS) is 1. The molecule has 0 aromatic carbocycles. The van der Waals surface area contributed by atoms with Crippen LogP contribution in [0.5, 0.6) is 0 Å². The van der Waals surface area contributed by atoms with Gasteiger partial charge in [-0.3, -0.25) is 4.79 Å². The number of amides is 1. The quantitative estimate of drug-likeness (QED) is 0.896. The topological polar surface area (TPSA) is 88.5 Å². The lowest BCUT2D eigenvalue weighted by Crippen LogP contribution is -2.55. The van der Waals surface area contributed by atoms with Crippen molar-refractivity contribution in [2.75, 3.05) is 13.2 Å². The largest absolute Gasteiger partial charge is 0.479 e. The van der Waals surface area contributed by atoms with E-state index in [0.29, 0.717) is 6.61 Å². The molecule has 0 radical (unpaired) electrons. The molecular weight excluding hydrogens is 312 g/mol. The molecule has 6 nitrogen and oxygen atoms in total. The van der Waals surface area contributed by atoms with Gasteiger partial charge in [0.05, 0.1) is 11.5 Å². The van der Waals surface area contributed by atoms with Crippen LogP contribution in [0.15, 0.2) is 22.9 Å². The van der Waals surface area contributed by atoms with E-state index in [4.69, 9.17) is 4.74 Å². The van der Waals surface area contributed by atoms with E-state index in [9.17, 15) is 14.7 Å². The van der Waals surface area contributed by atoms with Gasteiger partial charge in [-0.15, -0.1) is 22.7 Å². The van der Waals surface area contributed by atoms with Gasteiger partial charge < -0.3 is 15.2 Å². The summed E-state index contributed by atoms with van der Waals surface area (Å²) in [6, 6.07) is 3.84. The number of nitrogens with one attached hydrogen (secondary N) is 1. The first-order valence-corrected chi connectivity index (χ1v) is 8.00. The second-order valence-corrected chi connectivity index (χ2v) is 6.46. The first-order valence-electron chi connectivity index (χ1n) is 6.24. The fourth-order valence-electron chi connectivity index (χ4n) is 2.06. The zero-order valence-corrected chi connectivity index (χ0v) is 12.5. The average Bonchev–Trinajstić information content (AvgIpc) is 3.20. The highest BCUT2D eigenvalue weighted by molar-refractivity contribution is 7.20. The minimum absolute atomic E-state index is 0.0179. The minimum atomic E-state index is -1.34. The summed E-state index contributed by atoms with van der Waals surface area (Å²) in [7, 11) is 0. The van der Waals surface area contributed by atoms with Gasteiger partial charge in [0.15, 0.2) is 5.54 Å². The Hall–Kier alpha value is -1.77. The average molecular weight is 324 g/mol. The number of hydrogen-bond donors (Lipinski definition) is 2. The standard InChI is InChI=1S/C13H12N2O4S2/c16-10(15-13(12(17)18)3-4-19-7-13)8-6-21-11(14-8)9-2-1-5-20-9/h1-2,5-6H,3-4,7H2,(H,15,16)(H,17,18). The van der Waals surface area contributed by atoms with Crippen LogP contribution in [0.4, 0.5) is 0 Å². The van der Waals surface area contributed by atoms with Crippen molar-refractivity contribution in [1.82, 2.24) is 10.3 Å². The van der Waals surface area contributed by atoms with Crippen molar-refractivity contribution >= 4 is 34.6 Å². The molecule has 1 atom stereocenters. The first kappa shape index (κ1) is 14.2. The van der Waals surface area contributed by atoms with Crippen LogP contribution < -0.4 is 5.32 Å². The molecule has 3 heterocycles. The summed E-state index contributed by atoms with van der Waals surface area (Å²) in [6.45, 7) is 0.306. The SMILES string of the molecule is O=C(NC1(C(=O)O)CCOC1)c1csc(-c2cccs2)n1. The van der Waals surface area contributed by atoms with Crippen LogP contribution in [0, 0.1) is 0 Å². The maximum Gasteiger partial charge on any atom is 0.331 e. The Balaban J connectivity index is 1.78. The number of nitrogens with zero attached hydrogens (tertiary/aromatic N) is 1.